The lowest BCUT2D eigenvalue weighted by Crippen LogP contribution is -2.34. The van der Waals surface area contributed by atoms with Crippen LogP contribution in [0.4, 0.5) is 5.69 Å². The van der Waals surface area contributed by atoms with Crippen molar-refractivity contribution in [3.05, 3.63) is 59.2 Å². The maximum atomic E-state index is 12.6. The highest BCUT2D eigenvalue weighted by Crippen LogP contribution is 2.30. The van der Waals surface area contributed by atoms with Crippen molar-refractivity contribution < 1.29 is 14.3 Å². The van der Waals surface area contributed by atoms with Gasteiger partial charge < -0.3 is 15.0 Å². The largest absolute Gasteiger partial charge is 0.496 e. The number of ether oxygens (including phenoxy) is 1. The van der Waals surface area contributed by atoms with Crippen molar-refractivity contribution in [1.82, 2.24) is 5.32 Å². The minimum atomic E-state index is -0.311. The quantitative estimate of drug-likeness (QED) is 0.855. The van der Waals surface area contributed by atoms with E-state index in [-0.39, 0.29) is 24.2 Å². The first-order valence-corrected chi connectivity index (χ1v) is 9.27. The molecule has 0 spiro atoms. The zero-order valence-corrected chi connectivity index (χ0v) is 16.1. The Kier molecular flexibility index (Phi) is 5.79. The summed E-state index contributed by atoms with van der Waals surface area (Å²) in [6.45, 7) is 4.95. The molecule has 0 aromatic heterocycles. The van der Waals surface area contributed by atoms with Crippen LogP contribution in [0.25, 0.3) is 0 Å². The second-order valence-corrected chi connectivity index (χ2v) is 7.00. The van der Waals surface area contributed by atoms with Crippen LogP contribution < -0.4 is 15.0 Å². The Hall–Kier alpha value is -2.82. The molecule has 3 rings (SSSR count). The van der Waals surface area contributed by atoms with Crippen molar-refractivity contribution in [2.24, 2.45) is 5.92 Å². The lowest BCUT2D eigenvalue weighted by Gasteiger charge is -2.21. The number of methoxy groups -OCH3 is 1. The molecule has 1 aliphatic rings. The summed E-state index contributed by atoms with van der Waals surface area (Å²) in [6.07, 6.45) is 0.950. The number of hydrogen-bond acceptors (Lipinski definition) is 3. The fourth-order valence-corrected chi connectivity index (χ4v) is 3.70. The average molecular weight is 366 g/mol. The summed E-state index contributed by atoms with van der Waals surface area (Å²) >= 11 is 0. The lowest BCUT2D eigenvalue weighted by molar-refractivity contribution is -0.126. The zero-order chi connectivity index (χ0) is 19.4. The van der Waals surface area contributed by atoms with Crippen LogP contribution in [0.5, 0.6) is 5.75 Å². The fourth-order valence-electron chi connectivity index (χ4n) is 3.70. The monoisotopic (exact) mass is 366 g/mol. The minimum Gasteiger partial charge on any atom is -0.496 e. The second kappa shape index (κ2) is 8.25. The van der Waals surface area contributed by atoms with Gasteiger partial charge in [-0.05, 0) is 43.0 Å². The standard InChI is InChI=1S/C22H26N2O3/c1-15-7-6-8-16(2)21(15)24-14-18(13-20(24)25)22(26)23-12-11-17-9-4-5-10-19(17)27-3/h4-10,18H,11-14H2,1-3H3,(H,23,26). The number of nitrogens with one attached hydrogen (secondary N) is 1. The van der Waals surface area contributed by atoms with Gasteiger partial charge in [-0.25, -0.2) is 0 Å². The number of aryl methyl sites for hydroxylation is 2. The van der Waals surface area contributed by atoms with Crippen molar-refractivity contribution in [1.29, 1.82) is 0 Å². The summed E-state index contributed by atoms with van der Waals surface area (Å²) in [5.41, 5.74) is 4.10. The molecule has 1 heterocycles. The van der Waals surface area contributed by atoms with Crippen molar-refractivity contribution in [3.63, 3.8) is 0 Å². The van der Waals surface area contributed by atoms with Crippen molar-refractivity contribution in [2.75, 3.05) is 25.1 Å². The lowest BCUT2D eigenvalue weighted by atomic mass is 10.1. The Balaban J connectivity index is 1.59. The van der Waals surface area contributed by atoms with Crippen LogP contribution in [0.15, 0.2) is 42.5 Å². The van der Waals surface area contributed by atoms with E-state index in [1.807, 2.05) is 56.3 Å². The number of nitrogens with zero attached hydrogens (tertiary/aromatic N) is 1. The number of rotatable bonds is 6. The highest BCUT2D eigenvalue weighted by Gasteiger charge is 2.36. The van der Waals surface area contributed by atoms with Gasteiger partial charge in [-0.2, -0.15) is 0 Å². The summed E-state index contributed by atoms with van der Waals surface area (Å²) < 4.78 is 5.34. The molecule has 2 aromatic carbocycles. The van der Waals surface area contributed by atoms with E-state index in [0.29, 0.717) is 19.5 Å². The third kappa shape index (κ3) is 4.13. The van der Waals surface area contributed by atoms with Gasteiger partial charge in [0.05, 0.1) is 13.0 Å². The van der Waals surface area contributed by atoms with Gasteiger partial charge in [0.15, 0.2) is 0 Å². The Morgan fingerprint density at radius 1 is 1.15 bits per heavy atom. The van der Waals surface area contributed by atoms with Gasteiger partial charge in [0, 0.05) is 25.2 Å². The van der Waals surface area contributed by atoms with Crippen LogP contribution in [0.3, 0.4) is 0 Å². The summed E-state index contributed by atoms with van der Waals surface area (Å²) in [5.74, 6) is 0.461. The smallest absolute Gasteiger partial charge is 0.227 e. The van der Waals surface area contributed by atoms with E-state index in [4.69, 9.17) is 4.74 Å². The van der Waals surface area contributed by atoms with Gasteiger partial charge in [0.1, 0.15) is 5.75 Å². The molecule has 1 N–H and O–H groups in total. The summed E-state index contributed by atoms with van der Waals surface area (Å²) in [6, 6.07) is 13.8. The summed E-state index contributed by atoms with van der Waals surface area (Å²) in [4.78, 5) is 26.8. The first kappa shape index (κ1) is 19.0. The number of para-hydroxylation sites is 2. The van der Waals surface area contributed by atoms with E-state index >= 15 is 0 Å². The summed E-state index contributed by atoms with van der Waals surface area (Å²) in [5, 5.41) is 2.97. The highest BCUT2D eigenvalue weighted by atomic mass is 16.5. The molecule has 0 radical (unpaired) electrons. The van der Waals surface area contributed by atoms with Gasteiger partial charge >= 0.3 is 0 Å². The van der Waals surface area contributed by atoms with E-state index in [1.165, 1.54) is 0 Å². The SMILES string of the molecule is COc1ccccc1CCNC(=O)C1CC(=O)N(c2c(C)cccc2C)C1. The molecular weight excluding hydrogens is 340 g/mol. The van der Waals surface area contributed by atoms with Crippen LogP contribution in [0, 0.1) is 19.8 Å². The van der Waals surface area contributed by atoms with Gasteiger partial charge in [0.2, 0.25) is 11.8 Å². The maximum Gasteiger partial charge on any atom is 0.227 e. The van der Waals surface area contributed by atoms with E-state index in [9.17, 15) is 9.59 Å². The van der Waals surface area contributed by atoms with Gasteiger partial charge in [-0.1, -0.05) is 36.4 Å². The molecular formula is C22H26N2O3. The van der Waals surface area contributed by atoms with Crippen LogP contribution in [-0.2, 0) is 16.0 Å². The Morgan fingerprint density at radius 3 is 2.56 bits per heavy atom. The predicted octanol–water partition coefficient (Wildman–Crippen LogP) is 3.02. The first-order chi connectivity index (χ1) is 13.0. The van der Waals surface area contributed by atoms with Gasteiger partial charge in [-0.15, -0.1) is 0 Å². The molecule has 1 saturated heterocycles. The Bertz CT molecular complexity index is 827. The Labute approximate surface area is 160 Å². The van der Waals surface area contributed by atoms with Crippen molar-refractivity contribution in [2.45, 2.75) is 26.7 Å². The second-order valence-electron chi connectivity index (χ2n) is 7.00. The molecule has 1 fully saturated rings. The molecule has 2 aromatic rings. The molecule has 0 bridgehead atoms. The van der Waals surface area contributed by atoms with Crippen molar-refractivity contribution in [3.8, 4) is 5.75 Å². The maximum absolute atomic E-state index is 12.6. The number of carbonyl (C=O) groups excluding carboxylic acids is 2. The fraction of sp³-hybridized carbons (Fsp3) is 0.364. The molecule has 1 unspecified atom stereocenters. The van der Waals surface area contributed by atoms with Crippen LogP contribution in [0.1, 0.15) is 23.1 Å². The number of carbonyl (C=O) groups is 2. The van der Waals surface area contributed by atoms with Gasteiger partial charge in [0.25, 0.3) is 0 Å². The number of amides is 2. The molecule has 2 amide bonds. The molecule has 0 aliphatic carbocycles. The molecule has 142 valence electrons. The minimum absolute atomic E-state index is 0.0114. The molecule has 27 heavy (non-hydrogen) atoms. The third-order valence-electron chi connectivity index (χ3n) is 5.09. The topological polar surface area (TPSA) is 58.6 Å². The zero-order valence-electron chi connectivity index (χ0n) is 16.1. The van der Waals surface area contributed by atoms with E-state index in [0.717, 1.165) is 28.1 Å². The predicted molar refractivity (Wildman–Crippen MR) is 106 cm³/mol. The first-order valence-electron chi connectivity index (χ1n) is 9.27. The van der Waals surface area contributed by atoms with E-state index < -0.39 is 0 Å². The molecule has 1 atom stereocenters. The third-order valence-corrected chi connectivity index (χ3v) is 5.09. The van der Waals surface area contributed by atoms with Crippen LogP contribution in [0.2, 0.25) is 0 Å². The van der Waals surface area contributed by atoms with Crippen molar-refractivity contribution >= 4 is 17.5 Å². The number of anilines is 1. The average Bonchev–Trinajstić information content (AvgIpc) is 3.03. The van der Waals surface area contributed by atoms with E-state index in [1.54, 1.807) is 12.0 Å². The normalized spacial score (nSPS) is 16.5. The highest BCUT2D eigenvalue weighted by molar-refractivity contribution is 6.01. The summed E-state index contributed by atoms with van der Waals surface area (Å²) in [7, 11) is 1.64. The number of hydrogen-bond donors (Lipinski definition) is 1. The van der Waals surface area contributed by atoms with Gasteiger partial charge in [-0.3, -0.25) is 9.59 Å². The molecule has 5 heteroatoms. The number of benzene rings is 2. The molecule has 1 aliphatic heterocycles. The van der Waals surface area contributed by atoms with E-state index in [2.05, 4.69) is 5.32 Å². The molecule has 0 saturated carbocycles. The van der Waals surface area contributed by atoms with Crippen LogP contribution in [-0.4, -0.2) is 32.0 Å². The molecule has 5 nitrogen and oxygen atoms in total. The Morgan fingerprint density at radius 2 is 1.85 bits per heavy atom. The van der Waals surface area contributed by atoms with Crippen LogP contribution >= 0.6 is 0 Å².